The number of aromatic nitrogens is 2. The molecule has 0 aliphatic carbocycles. The molecule has 2 amide bonds. The number of benzene rings is 2. The number of carboxylic acid groups (broad SMARTS) is 1. The van der Waals surface area contributed by atoms with E-state index in [0.717, 1.165) is 12.1 Å². The van der Waals surface area contributed by atoms with Gasteiger partial charge in [-0.25, -0.2) is 14.8 Å². The van der Waals surface area contributed by atoms with Gasteiger partial charge in [0.25, 0.3) is 5.91 Å². The third-order valence-electron chi connectivity index (χ3n) is 6.74. The molecule has 0 unspecified atom stereocenters. The molecular weight excluding hydrogens is 599 g/mol. The van der Waals surface area contributed by atoms with E-state index in [1.54, 1.807) is 37.3 Å². The fraction of sp³-hybridized carbons (Fsp3) is 0.333. The molecule has 1 aliphatic rings. The topological polar surface area (TPSA) is 151 Å². The van der Waals surface area contributed by atoms with Crippen LogP contribution >= 0.6 is 0 Å². The van der Waals surface area contributed by atoms with Gasteiger partial charge in [-0.3, -0.25) is 14.4 Å². The lowest BCUT2D eigenvalue weighted by Gasteiger charge is -2.35. The Morgan fingerprint density at radius 3 is 2.29 bits per heavy atom. The fourth-order valence-corrected chi connectivity index (χ4v) is 4.51. The molecule has 4 rings (SSSR count). The van der Waals surface area contributed by atoms with E-state index in [0.29, 0.717) is 5.56 Å². The highest BCUT2D eigenvalue weighted by Crippen LogP contribution is 2.32. The molecule has 1 saturated heterocycles. The van der Waals surface area contributed by atoms with E-state index in [9.17, 15) is 37.5 Å². The Balaban J connectivity index is 1.60. The first-order valence-electron chi connectivity index (χ1n) is 14.0. The van der Waals surface area contributed by atoms with Crippen LogP contribution in [0.3, 0.4) is 0 Å². The number of halogens is 3. The number of piperazine rings is 1. The van der Waals surface area contributed by atoms with Crippen molar-refractivity contribution in [3.63, 3.8) is 0 Å². The summed E-state index contributed by atoms with van der Waals surface area (Å²) in [7, 11) is 0. The van der Waals surface area contributed by atoms with E-state index in [1.165, 1.54) is 28.2 Å². The van der Waals surface area contributed by atoms with Crippen LogP contribution in [0, 0.1) is 0 Å². The number of rotatable bonds is 10. The number of amides is 2. The number of hydrogen-bond acceptors (Lipinski definition) is 9. The van der Waals surface area contributed by atoms with E-state index in [4.69, 9.17) is 9.57 Å². The van der Waals surface area contributed by atoms with Gasteiger partial charge in [0.1, 0.15) is 11.7 Å². The number of carboxylic acids is 1. The Morgan fingerprint density at radius 1 is 0.956 bits per heavy atom. The molecular formula is C30H30F3N5O7. The molecule has 0 saturated carbocycles. The second kappa shape index (κ2) is 14.6. The lowest BCUT2D eigenvalue weighted by Crippen LogP contribution is -2.55. The zero-order valence-corrected chi connectivity index (χ0v) is 24.1. The average molecular weight is 630 g/mol. The molecule has 15 heteroatoms. The maximum atomic E-state index is 13.5. The van der Waals surface area contributed by atoms with Crippen molar-refractivity contribution in [2.45, 2.75) is 32.0 Å². The first-order valence-corrected chi connectivity index (χ1v) is 14.0. The molecule has 1 fully saturated rings. The monoisotopic (exact) mass is 629 g/mol. The minimum Gasteiger partial charge on any atom is -0.481 e. The van der Waals surface area contributed by atoms with Gasteiger partial charge in [0, 0.05) is 30.6 Å². The first-order chi connectivity index (χ1) is 21.4. The van der Waals surface area contributed by atoms with Crippen LogP contribution in [0.5, 0.6) is 0 Å². The Hall–Kier alpha value is -5.05. The number of nitrogens with one attached hydrogen (secondary N) is 1. The molecule has 0 radical (unpaired) electrons. The number of hydrogen-bond donors (Lipinski definition) is 2. The van der Waals surface area contributed by atoms with Crippen molar-refractivity contribution in [1.29, 1.82) is 0 Å². The number of ether oxygens (including phenoxy) is 1. The first kappa shape index (κ1) is 32.9. The van der Waals surface area contributed by atoms with E-state index < -0.39 is 48.1 Å². The predicted octanol–water partition coefficient (Wildman–Crippen LogP) is 4.02. The summed E-state index contributed by atoms with van der Waals surface area (Å²) in [5, 5.41) is 13.2. The zero-order valence-electron chi connectivity index (χ0n) is 24.1. The highest BCUT2D eigenvalue weighted by molar-refractivity contribution is 5.97. The van der Waals surface area contributed by atoms with Crippen LogP contribution in [0.2, 0.25) is 0 Å². The van der Waals surface area contributed by atoms with Crippen LogP contribution in [0.1, 0.15) is 35.8 Å². The summed E-state index contributed by atoms with van der Waals surface area (Å²) in [5.41, 5.74) is -0.539. The summed E-state index contributed by atoms with van der Waals surface area (Å²) in [6.07, 6.45) is -6.17. The van der Waals surface area contributed by atoms with Crippen molar-refractivity contribution >= 4 is 23.9 Å². The van der Waals surface area contributed by atoms with Gasteiger partial charge in [0.05, 0.1) is 31.0 Å². The molecule has 45 heavy (non-hydrogen) atoms. The number of carbonyl (C=O) groups excluding carboxylic acids is 3. The standard InChI is InChI=1S/C30H30F3N5O7/c1-2-44-29(43)45-38-15-13-37(14-16-38)28(42)22(11-12-25(39)40)36-27(41)24-18-23(20-9-6-10-21(17-20)30(31,32)33)34-26(35-24)19-7-4-3-5-8-19/h3-10,17-18,22H,2,11-16H2,1H3,(H,36,41)(H,39,40)/t22-/m0/s1. The smallest absolute Gasteiger partial charge is 0.481 e. The minimum atomic E-state index is -4.61. The molecule has 0 bridgehead atoms. The van der Waals surface area contributed by atoms with E-state index >= 15 is 0 Å². The van der Waals surface area contributed by atoms with Crippen molar-refractivity contribution in [3.05, 3.63) is 71.9 Å². The number of hydroxylamine groups is 2. The molecule has 238 valence electrons. The summed E-state index contributed by atoms with van der Waals surface area (Å²) in [4.78, 5) is 65.1. The number of carbonyl (C=O) groups is 4. The highest BCUT2D eigenvalue weighted by atomic mass is 19.4. The van der Waals surface area contributed by atoms with Crippen molar-refractivity contribution in [2.24, 2.45) is 0 Å². The second-order valence-electron chi connectivity index (χ2n) is 9.89. The Bertz CT molecular complexity index is 1530. The molecule has 2 heterocycles. The molecule has 0 spiro atoms. The van der Waals surface area contributed by atoms with Gasteiger partial charge in [-0.15, -0.1) is 5.06 Å². The van der Waals surface area contributed by atoms with Crippen molar-refractivity contribution in [3.8, 4) is 22.6 Å². The quantitative estimate of drug-likeness (QED) is 0.315. The van der Waals surface area contributed by atoms with E-state index in [1.807, 2.05) is 0 Å². The van der Waals surface area contributed by atoms with Crippen LogP contribution in [-0.2, 0) is 25.3 Å². The molecule has 2 N–H and O–H groups in total. The largest absolute Gasteiger partial charge is 0.527 e. The molecule has 2 aromatic carbocycles. The van der Waals surface area contributed by atoms with Crippen LogP contribution < -0.4 is 5.32 Å². The third kappa shape index (κ3) is 8.98. The van der Waals surface area contributed by atoms with Gasteiger partial charge >= 0.3 is 18.3 Å². The summed E-state index contributed by atoms with van der Waals surface area (Å²) in [5.74, 6) is -2.54. The van der Waals surface area contributed by atoms with Gasteiger partial charge in [0.15, 0.2) is 5.82 Å². The van der Waals surface area contributed by atoms with Crippen LogP contribution in [-0.4, -0.2) is 87.8 Å². The van der Waals surface area contributed by atoms with Gasteiger partial charge in [-0.1, -0.05) is 42.5 Å². The van der Waals surface area contributed by atoms with Gasteiger partial charge in [-0.05, 0) is 31.5 Å². The van der Waals surface area contributed by atoms with E-state index in [2.05, 4.69) is 15.3 Å². The predicted molar refractivity (Wildman–Crippen MR) is 152 cm³/mol. The molecule has 1 atom stereocenters. The maximum absolute atomic E-state index is 13.5. The van der Waals surface area contributed by atoms with Gasteiger partial charge in [0.2, 0.25) is 5.91 Å². The zero-order chi connectivity index (χ0) is 32.6. The SMILES string of the molecule is CCOC(=O)ON1CCN(C(=O)[C@H](CCC(=O)O)NC(=O)c2cc(-c3cccc(C(F)(F)F)c3)nc(-c3ccccc3)n2)CC1. The molecule has 1 aromatic heterocycles. The lowest BCUT2D eigenvalue weighted by atomic mass is 10.1. The highest BCUT2D eigenvalue weighted by Gasteiger charge is 2.32. The Labute approximate surface area is 255 Å². The Kier molecular flexibility index (Phi) is 10.7. The van der Waals surface area contributed by atoms with Crippen molar-refractivity contribution in [2.75, 3.05) is 32.8 Å². The average Bonchev–Trinajstić information content (AvgIpc) is 3.03. The summed E-state index contributed by atoms with van der Waals surface area (Å²) in [6.45, 7) is 2.28. The summed E-state index contributed by atoms with van der Waals surface area (Å²) in [6, 6.07) is 12.9. The lowest BCUT2D eigenvalue weighted by molar-refractivity contribution is -0.157. The minimum absolute atomic E-state index is 0.0336. The molecule has 12 nitrogen and oxygen atoms in total. The van der Waals surface area contributed by atoms with Crippen molar-refractivity contribution in [1.82, 2.24) is 25.2 Å². The van der Waals surface area contributed by atoms with E-state index in [-0.39, 0.29) is 62.0 Å². The maximum Gasteiger partial charge on any atom is 0.527 e. The third-order valence-corrected chi connectivity index (χ3v) is 6.74. The number of aliphatic carboxylic acids is 1. The summed E-state index contributed by atoms with van der Waals surface area (Å²) >= 11 is 0. The Morgan fingerprint density at radius 2 is 1.64 bits per heavy atom. The van der Waals surface area contributed by atoms with Crippen LogP contribution in [0.15, 0.2) is 60.7 Å². The van der Waals surface area contributed by atoms with Crippen molar-refractivity contribution < 1.29 is 47.0 Å². The van der Waals surface area contributed by atoms with Crippen LogP contribution in [0.4, 0.5) is 18.0 Å². The van der Waals surface area contributed by atoms with Crippen LogP contribution in [0.25, 0.3) is 22.6 Å². The van der Waals surface area contributed by atoms with Gasteiger partial charge in [-0.2, -0.15) is 13.2 Å². The molecule has 1 aliphatic heterocycles. The van der Waals surface area contributed by atoms with Gasteiger partial charge < -0.3 is 24.9 Å². The number of nitrogens with zero attached hydrogens (tertiary/aromatic N) is 4. The summed E-state index contributed by atoms with van der Waals surface area (Å²) < 4.78 is 45.1. The second-order valence-corrected chi connectivity index (χ2v) is 9.89. The fourth-order valence-electron chi connectivity index (χ4n) is 4.51. The number of alkyl halides is 3. The normalized spacial score (nSPS) is 14.4. The molecule has 3 aromatic rings.